The van der Waals surface area contributed by atoms with Gasteiger partial charge in [-0.05, 0) is 36.8 Å². The van der Waals surface area contributed by atoms with E-state index >= 15 is 0 Å². The minimum Gasteiger partial charge on any atom is -0.323 e. The van der Waals surface area contributed by atoms with Crippen LogP contribution in [0.3, 0.4) is 0 Å². The Morgan fingerprint density at radius 1 is 1.39 bits per heavy atom. The first-order valence-corrected chi connectivity index (χ1v) is 8.04. The molecule has 1 amide bonds. The van der Waals surface area contributed by atoms with Gasteiger partial charge in [-0.3, -0.25) is 9.48 Å². The van der Waals surface area contributed by atoms with Crippen LogP contribution >= 0.6 is 11.3 Å². The molecule has 0 aliphatic heterocycles. The van der Waals surface area contributed by atoms with Gasteiger partial charge in [-0.1, -0.05) is 12.1 Å². The van der Waals surface area contributed by atoms with Gasteiger partial charge >= 0.3 is 0 Å². The molecule has 5 nitrogen and oxygen atoms in total. The molecule has 116 valence electrons. The minimum atomic E-state index is -0.174. The molecule has 0 radical (unpaired) electrons. The maximum absolute atomic E-state index is 12.0. The summed E-state index contributed by atoms with van der Waals surface area (Å²) in [4.78, 5) is 16.3. The van der Waals surface area contributed by atoms with Crippen molar-refractivity contribution in [1.82, 2.24) is 14.8 Å². The summed E-state index contributed by atoms with van der Waals surface area (Å²) in [6.07, 6.45) is 6.86. The number of carbonyl (C=O) groups excluding carboxylic acids is 1. The lowest BCUT2D eigenvalue weighted by atomic mass is 10.2. The van der Waals surface area contributed by atoms with Crippen molar-refractivity contribution in [2.24, 2.45) is 0 Å². The number of benzene rings is 1. The Bertz CT molecular complexity index is 821. The highest BCUT2D eigenvalue weighted by molar-refractivity contribution is 7.09. The highest BCUT2D eigenvalue weighted by Gasteiger charge is 2.01. The summed E-state index contributed by atoms with van der Waals surface area (Å²) in [6.45, 7) is 2.61. The minimum absolute atomic E-state index is 0.174. The number of carbonyl (C=O) groups is 1. The van der Waals surface area contributed by atoms with Crippen molar-refractivity contribution in [1.29, 1.82) is 0 Å². The van der Waals surface area contributed by atoms with Gasteiger partial charge in [0.2, 0.25) is 5.91 Å². The molecule has 2 heterocycles. The molecule has 0 atom stereocenters. The van der Waals surface area contributed by atoms with Crippen LogP contribution < -0.4 is 5.32 Å². The summed E-state index contributed by atoms with van der Waals surface area (Å²) in [6, 6.07) is 9.62. The van der Waals surface area contributed by atoms with Crippen LogP contribution in [0.4, 0.5) is 5.69 Å². The number of hydrogen-bond acceptors (Lipinski definition) is 4. The van der Waals surface area contributed by atoms with Gasteiger partial charge in [-0.25, -0.2) is 4.98 Å². The Balaban J connectivity index is 1.63. The summed E-state index contributed by atoms with van der Waals surface area (Å²) in [7, 11) is 0. The maximum Gasteiger partial charge on any atom is 0.248 e. The normalized spacial score (nSPS) is 11.0. The SMILES string of the molecule is Cc1nc(C=CC(=O)Nc2cccc(Cn3cccn3)c2)cs1. The number of amides is 1. The molecule has 0 unspecified atom stereocenters. The first-order valence-electron chi connectivity index (χ1n) is 7.16. The van der Waals surface area contributed by atoms with Crippen LogP contribution in [0.2, 0.25) is 0 Å². The molecule has 0 spiro atoms. The fourth-order valence-corrected chi connectivity index (χ4v) is 2.71. The number of aromatic nitrogens is 3. The zero-order valence-corrected chi connectivity index (χ0v) is 13.5. The fraction of sp³-hybridized carbons (Fsp3) is 0.118. The van der Waals surface area contributed by atoms with E-state index < -0.39 is 0 Å². The molecule has 1 aromatic carbocycles. The van der Waals surface area contributed by atoms with Crippen LogP contribution in [-0.2, 0) is 11.3 Å². The lowest BCUT2D eigenvalue weighted by molar-refractivity contribution is -0.111. The van der Waals surface area contributed by atoms with Crippen LogP contribution in [0.1, 0.15) is 16.3 Å². The largest absolute Gasteiger partial charge is 0.323 e. The quantitative estimate of drug-likeness (QED) is 0.732. The van der Waals surface area contributed by atoms with Crippen LogP contribution in [0.25, 0.3) is 6.08 Å². The Hall–Kier alpha value is -2.73. The van der Waals surface area contributed by atoms with Crippen LogP contribution in [0, 0.1) is 6.92 Å². The third-order valence-corrected chi connectivity index (χ3v) is 3.93. The molecule has 3 aromatic rings. The summed E-state index contributed by atoms with van der Waals surface area (Å²) < 4.78 is 1.84. The molecule has 0 saturated carbocycles. The number of nitrogens with one attached hydrogen (secondary N) is 1. The predicted octanol–water partition coefficient (Wildman–Crippen LogP) is 3.35. The summed E-state index contributed by atoms with van der Waals surface area (Å²) in [5.74, 6) is -0.174. The van der Waals surface area contributed by atoms with Gasteiger partial charge in [0.05, 0.1) is 17.2 Å². The van der Waals surface area contributed by atoms with E-state index in [9.17, 15) is 4.79 Å². The van der Waals surface area contributed by atoms with E-state index in [0.29, 0.717) is 6.54 Å². The molecule has 0 bridgehead atoms. The number of rotatable bonds is 5. The number of aryl methyl sites for hydroxylation is 1. The molecular formula is C17H16N4OS. The highest BCUT2D eigenvalue weighted by Crippen LogP contribution is 2.13. The zero-order valence-electron chi connectivity index (χ0n) is 12.6. The zero-order chi connectivity index (χ0) is 16.1. The molecule has 2 aromatic heterocycles. The molecule has 3 rings (SSSR count). The second-order valence-corrected chi connectivity index (χ2v) is 6.08. The Labute approximate surface area is 138 Å². The van der Waals surface area contributed by atoms with Gasteiger partial charge in [0.1, 0.15) is 0 Å². The first kappa shape index (κ1) is 15.2. The molecule has 0 aliphatic carbocycles. The van der Waals surface area contributed by atoms with Crippen LogP contribution in [0.5, 0.6) is 0 Å². The second-order valence-electron chi connectivity index (χ2n) is 5.02. The van der Waals surface area contributed by atoms with Crippen molar-refractivity contribution < 1.29 is 4.79 Å². The highest BCUT2D eigenvalue weighted by atomic mass is 32.1. The Morgan fingerprint density at radius 2 is 2.30 bits per heavy atom. The third-order valence-electron chi connectivity index (χ3n) is 3.14. The molecule has 23 heavy (non-hydrogen) atoms. The van der Waals surface area contributed by atoms with E-state index in [-0.39, 0.29) is 5.91 Å². The average molecular weight is 324 g/mol. The molecule has 0 aliphatic rings. The standard InChI is InChI=1S/C17H16N4OS/c1-13-19-16(12-23-13)6-7-17(22)20-15-5-2-4-14(10-15)11-21-9-3-8-18-21/h2-10,12H,11H2,1H3,(H,20,22). The number of anilines is 1. The van der Waals surface area contributed by atoms with Crippen molar-refractivity contribution in [2.45, 2.75) is 13.5 Å². The Morgan fingerprint density at radius 3 is 3.04 bits per heavy atom. The van der Waals surface area contributed by atoms with Gasteiger partial charge in [0.15, 0.2) is 0 Å². The van der Waals surface area contributed by atoms with Gasteiger partial charge in [0.25, 0.3) is 0 Å². The van der Waals surface area contributed by atoms with E-state index in [4.69, 9.17) is 0 Å². The lowest BCUT2D eigenvalue weighted by Gasteiger charge is -2.06. The Kier molecular flexibility index (Phi) is 4.63. The van der Waals surface area contributed by atoms with Crippen LogP contribution in [-0.4, -0.2) is 20.7 Å². The smallest absolute Gasteiger partial charge is 0.248 e. The van der Waals surface area contributed by atoms with E-state index in [0.717, 1.165) is 22.0 Å². The van der Waals surface area contributed by atoms with E-state index in [1.165, 1.54) is 6.08 Å². The summed E-state index contributed by atoms with van der Waals surface area (Å²) >= 11 is 1.56. The van der Waals surface area contributed by atoms with Gasteiger partial charge < -0.3 is 5.32 Å². The van der Waals surface area contributed by atoms with E-state index in [2.05, 4.69) is 15.4 Å². The monoisotopic (exact) mass is 324 g/mol. The topological polar surface area (TPSA) is 59.8 Å². The maximum atomic E-state index is 12.0. The average Bonchev–Trinajstić information content (AvgIpc) is 3.17. The predicted molar refractivity (Wildman–Crippen MR) is 92.3 cm³/mol. The fourth-order valence-electron chi connectivity index (χ4n) is 2.13. The lowest BCUT2D eigenvalue weighted by Crippen LogP contribution is -2.08. The number of thiazole rings is 1. The molecule has 6 heteroatoms. The van der Waals surface area contributed by atoms with Crippen molar-refractivity contribution in [3.05, 3.63) is 70.4 Å². The molecule has 1 N–H and O–H groups in total. The van der Waals surface area contributed by atoms with Gasteiger partial charge in [0, 0.05) is 29.5 Å². The molecule has 0 saturated heterocycles. The number of hydrogen-bond donors (Lipinski definition) is 1. The molecular weight excluding hydrogens is 308 g/mol. The number of nitrogens with zero attached hydrogens (tertiary/aromatic N) is 3. The summed E-state index contributed by atoms with van der Waals surface area (Å²) in [5, 5.41) is 9.94. The first-order chi connectivity index (χ1) is 11.2. The van der Waals surface area contributed by atoms with Crippen molar-refractivity contribution >= 4 is 29.0 Å². The molecule has 0 fully saturated rings. The van der Waals surface area contributed by atoms with Gasteiger partial charge in [-0.2, -0.15) is 5.10 Å². The van der Waals surface area contributed by atoms with Crippen molar-refractivity contribution in [3.8, 4) is 0 Å². The van der Waals surface area contributed by atoms with E-state index in [1.807, 2.05) is 53.5 Å². The van der Waals surface area contributed by atoms with E-state index in [1.54, 1.807) is 23.6 Å². The second kappa shape index (κ2) is 7.02. The van der Waals surface area contributed by atoms with Crippen LogP contribution in [0.15, 0.2) is 54.2 Å². The van der Waals surface area contributed by atoms with Crippen molar-refractivity contribution in [3.63, 3.8) is 0 Å². The van der Waals surface area contributed by atoms with Crippen molar-refractivity contribution in [2.75, 3.05) is 5.32 Å². The third kappa shape index (κ3) is 4.37. The van der Waals surface area contributed by atoms with Gasteiger partial charge in [-0.15, -0.1) is 11.3 Å². The summed E-state index contributed by atoms with van der Waals surface area (Å²) in [5.41, 5.74) is 2.64.